The third-order valence-corrected chi connectivity index (χ3v) is 5.01. The fourth-order valence-corrected chi connectivity index (χ4v) is 3.89. The first-order valence-electron chi connectivity index (χ1n) is 8.03. The maximum absolute atomic E-state index is 13.9. The molecule has 3 heterocycles. The minimum atomic E-state index is -0.502. The summed E-state index contributed by atoms with van der Waals surface area (Å²) in [6.07, 6.45) is 3.39. The Hall–Kier alpha value is -2.13. The van der Waals surface area contributed by atoms with Gasteiger partial charge in [0, 0.05) is 31.8 Å². The second kappa shape index (κ2) is 7.83. The molecule has 0 radical (unpaired) electrons. The van der Waals surface area contributed by atoms with Gasteiger partial charge in [-0.2, -0.15) is 9.37 Å². The summed E-state index contributed by atoms with van der Waals surface area (Å²) in [5, 5.41) is 2.84. The third-order valence-electron chi connectivity index (χ3n) is 4.08. The highest BCUT2D eigenvalue weighted by atomic mass is 32.1. The first kappa shape index (κ1) is 17.7. The highest BCUT2D eigenvalue weighted by molar-refractivity contribution is 7.15. The van der Waals surface area contributed by atoms with Gasteiger partial charge in [-0.3, -0.25) is 9.69 Å². The summed E-state index contributed by atoms with van der Waals surface area (Å²) in [6, 6.07) is 1.85. The van der Waals surface area contributed by atoms with E-state index in [1.807, 2.05) is 6.07 Å². The number of ether oxygens (including phenoxy) is 1. The van der Waals surface area contributed by atoms with E-state index in [0.29, 0.717) is 28.4 Å². The summed E-state index contributed by atoms with van der Waals surface area (Å²) < 4.78 is 19.1. The number of methoxy groups -OCH3 is 1. The molecule has 2 aromatic heterocycles. The number of anilines is 1. The van der Waals surface area contributed by atoms with Gasteiger partial charge in [0.05, 0.1) is 12.0 Å². The van der Waals surface area contributed by atoms with E-state index in [1.54, 1.807) is 7.11 Å². The Morgan fingerprint density at radius 2 is 2.36 bits per heavy atom. The number of hydrogen-bond acceptors (Lipinski definition) is 7. The van der Waals surface area contributed by atoms with Gasteiger partial charge in [0.25, 0.3) is 0 Å². The van der Waals surface area contributed by atoms with Crippen molar-refractivity contribution in [2.45, 2.75) is 26.3 Å². The van der Waals surface area contributed by atoms with Crippen molar-refractivity contribution < 1.29 is 13.9 Å². The quantitative estimate of drug-likeness (QED) is 0.844. The predicted molar refractivity (Wildman–Crippen MR) is 92.0 cm³/mol. The van der Waals surface area contributed by atoms with Gasteiger partial charge in [-0.25, -0.2) is 9.97 Å². The molecular formula is C16H20FN5O2S. The van der Waals surface area contributed by atoms with Crippen LogP contribution in [-0.2, 0) is 17.8 Å². The van der Waals surface area contributed by atoms with Gasteiger partial charge >= 0.3 is 0 Å². The molecule has 0 aromatic carbocycles. The van der Waals surface area contributed by atoms with Crippen molar-refractivity contribution in [2.75, 3.05) is 25.5 Å². The standard InChI is InChI=1S/C16H20FN5O2S/c1-10(23)20-16-21-15(17)13(25-16)8-22-4-3-11(7-22)5-12-6-14(24-2)19-9-18-12/h6,9,11H,3-5,7-8H2,1-2H3,(H,20,21,23)/t11-/m0/s1. The van der Waals surface area contributed by atoms with Crippen molar-refractivity contribution in [3.63, 3.8) is 0 Å². The lowest BCUT2D eigenvalue weighted by molar-refractivity contribution is -0.114. The molecule has 3 rings (SSSR count). The number of likely N-dealkylation sites (tertiary alicyclic amines) is 1. The van der Waals surface area contributed by atoms with Crippen molar-refractivity contribution in [3.05, 3.63) is 28.9 Å². The van der Waals surface area contributed by atoms with Gasteiger partial charge in [0.1, 0.15) is 6.33 Å². The lowest BCUT2D eigenvalue weighted by atomic mass is 10.0. The molecule has 1 saturated heterocycles. The SMILES string of the molecule is COc1cc(C[C@@H]2CCN(Cc3sc(NC(C)=O)nc3F)C2)ncn1. The van der Waals surface area contributed by atoms with E-state index < -0.39 is 5.95 Å². The molecule has 2 aromatic rings. The molecule has 1 aliphatic heterocycles. The topological polar surface area (TPSA) is 80.2 Å². The molecule has 1 fully saturated rings. The molecule has 0 spiro atoms. The number of hydrogen-bond donors (Lipinski definition) is 1. The number of nitrogens with zero attached hydrogens (tertiary/aromatic N) is 4. The third kappa shape index (κ3) is 4.70. The van der Waals surface area contributed by atoms with Crippen LogP contribution in [0.4, 0.5) is 9.52 Å². The molecule has 7 nitrogen and oxygen atoms in total. The van der Waals surface area contributed by atoms with Gasteiger partial charge in [0.15, 0.2) is 5.13 Å². The van der Waals surface area contributed by atoms with Gasteiger partial charge in [-0.15, -0.1) is 0 Å². The Bertz CT molecular complexity index is 754. The molecule has 0 bridgehead atoms. The van der Waals surface area contributed by atoms with Crippen LogP contribution in [0.3, 0.4) is 0 Å². The summed E-state index contributed by atoms with van der Waals surface area (Å²) in [5.41, 5.74) is 0.954. The number of halogens is 1. The molecular weight excluding hydrogens is 345 g/mol. The molecule has 25 heavy (non-hydrogen) atoms. The number of nitrogens with one attached hydrogen (secondary N) is 1. The molecule has 1 atom stereocenters. The summed E-state index contributed by atoms with van der Waals surface area (Å²) in [7, 11) is 1.59. The minimum absolute atomic E-state index is 0.248. The van der Waals surface area contributed by atoms with Gasteiger partial charge in [-0.1, -0.05) is 11.3 Å². The predicted octanol–water partition coefficient (Wildman–Crippen LogP) is 2.10. The molecule has 134 valence electrons. The van der Waals surface area contributed by atoms with Crippen LogP contribution in [0.15, 0.2) is 12.4 Å². The van der Waals surface area contributed by atoms with Crippen LogP contribution in [0.2, 0.25) is 0 Å². The van der Waals surface area contributed by atoms with Gasteiger partial charge < -0.3 is 10.1 Å². The molecule has 0 saturated carbocycles. The Balaban J connectivity index is 1.56. The number of carbonyl (C=O) groups is 1. The van der Waals surface area contributed by atoms with E-state index >= 15 is 0 Å². The number of aromatic nitrogens is 3. The second-order valence-electron chi connectivity index (χ2n) is 6.06. The average molecular weight is 365 g/mol. The Morgan fingerprint density at radius 3 is 3.12 bits per heavy atom. The average Bonchev–Trinajstić information content (AvgIpc) is 3.14. The maximum atomic E-state index is 13.9. The molecule has 0 unspecified atom stereocenters. The summed E-state index contributed by atoms with van der Waals surface area (Å²) >= 11 is 1.19. The molecule has 1 amide bonds. The second-order valence-corrected chi connectivity index (χ2v) is 7.14. The lowest BCUT2D eigenvalue weighted by Gasteiger charge is -2.14. The zero-order chi connectivity index (χ0) is 17.8. The summed E-state index contributed by atoms with van der Waals surface area (Å²) in [5.74, 6) is 0.280. The van der Waals surface area contributed by atoms with E-state index in [-0.39, 0.29) is 5.91 Å². The van der Waals surface area contributed by atoms with E-state index in [0.717, 1.165) is 31.6 Å². The Kier molecular flexibility index (Phi) is 5.54. The zero-order valence-corrected chi connectivity index (χ0v) is 15.0. The molecule has 9 heteroatoms. The van der Waals surface area contributed by atoms with Gasteiger partial charge in [-0.05, 0) is 25.3 Å². The molecule has 0 aliphatic carbocycles. The van der Waals surface area contributed by atoms with Crippen LogP contribution in [0.1, 0.15) is 23.9 Å². The largest absolute Gasteiger partial charge is 0.481 e. The summed E-state index contributed by atoms with van der Waals surface area (Å²) in [4.78, 5) is 25.9. The normalized spacial score (nSPS) is 17.6. The maximum Gasteiger partial charge on any atom is 0.230 e. The molecule has 1 aliphatic rings. The van der Waals surface area contributed by atoms with Crippen molar-refractivity contribution in [1.82, 2.24) is 19.9 Å². The molecule has 1 N–H and O–H groups in total. The van der Waals surface area contributed by atoms with Crippen molar-refractivity contribution in [1.29, 1.82) is 0 Å². The van der Waals surface area contributed by atoms with Crippen LogP contribution >= 0.6 is 11.3 Å². The van der Waals surface area contributed by atoms with Crippen LogP contribution in [0, 0.1) is 11.9 Å². The number of carbonyl (C=O) groups excluding carboxylic acids is 1. The van der Waals surface area contributed by atoms with E-state index in [2.05, 4.69) is 25.2 Å². The number of amides is 1. The fourth-order valence-electron chi connectivity index (χ4n) is 2.96. The van der Waals surface area contributed by atoms with Crippen LogP contribution in [0.25, 0.3) is 0 Å². The minimum Gasteiger partial charge on any atom is -0.481 e. The fraction of sp³-hybridized carbons (Fsp3) is 0.500. The highest BCUT2D eigenvalue weighted by Gasteiger charge is 2.25. The van der Waals surface area contributed by atoms with E-state index in [4.69, 9.17) is 4.74 Å². The van der Waals surface area contributed by atoms with Crippen LogP contribution in [-0.4, -0.2) is 46.0 Å². The van der Waals surface area contributed by atoms with Crippen molar-refractivity contribution >= 4 is 22.4 Å². The van der Waals surface area contributed by atoms with Crippen LogP contribution in [0.5, 0.6) is 5.88 Å². The number of thiazole rings is 1. The zero-order valence-electron chi connectivity index (χ0n) is 14.2. The van der Waals surface area contributed by atoms with Crippen LogP contribution < -0.4 is 10.1 Å². The first-order valence-corrected chi connectivity index (χ1v) is 8.85. The summed E-state index contributed by atoms with van der Waals surface area (Å²) in [6.45, 7) is 3.66. The van der Waals surface area contributed by atoms with Gasteiger partial charge in [0.2, 0.25) is 17.7 Å². The highest BCUT2D eigenvalue weighted by Crippen LogP contribution is 2.27. The monoisotopic (exact) mass is 365 g/mol. The Labute approximate surface area is 149 Å². The van der Waals surface area contributed by atoms with Crippen molar-refractivity contribution in [3.8, 4) is 5.88 Å². The smallest absolute Gasteiger partial charge is 0.230 e. The lowest BCUT2D eigenvalue weighted by Crippen LogP contribution is -2.20. The number of rotatable bonds is 6. The van der Waals surface area contributed by atoms with Crippen molar-refractivity contribution in [2.24, 2.45) is 5.92 Å². The van der Waals surface area contributed by atoms with E-state index in [1.165, 1.54) is 24.6 Å². The Morgan fingerprint density at radius 1 is 1.52 bits per heavy atom. The first-order chi connectivity index (χ1) is 12.0. The van der Waals surface area contributed by atoms with E-state index in [9.17, 15) is 9.18 Å².